The first-order valence-electron chi connectivity index (χ1n) is 10.4. The molecule has 4 fully saturated rings. The second-order valence-electron chi connectivity index (χ2n) is 10.1. The molecule has 0 radical (unpaired) electrons. The summed E-state index contributed by atoms with van der Waals surface area (Å²) in [6, 6.07) is 0. The average Bonchev–Trinajstić information content (AvgIpc) is 2.84. The Labute approximate surface area is 157 Å². The molecule has 1 unspecified atom stereocenters. The number of hydrogen-bond acceptors (Lipinski definition) is 2. The van der Waals surface area contributed by atoms with Gasteiger partial charge in [-0.1, -0.05) is 13.8 Å². The van der Waals surface area contributed by atoms with Gasteiger partial charge in [0.2, 0.25) is 5.92 Å². The lowest BCUT2D eigenvalue weighted by Crippen LogP contribution is -2.55. The minimum atomic E-state index is -2.42. The van der Waals surface area contributed by atoms with E-state index in [1.807, 2.05) is 6.92 Å². The van der Waals surface area contributed by atoms with Crippen LogP contribution in [0.4, 0.5) is 8.78 Å². The third-order valence-corrected chi connectivity index (χ3v) is 9.04. The van der Waals surface area contributed by atoms with Crippen LogP contribution < -0.4 is 0 Å². The van der Waals surface area contributed by atoms with Crippen LogP contribution in [0, 0.1) is 34.5 Å². The Kier molecular flexibility index (Phi) is 4.51. The third kappa shape index (κ3) is 2.88. The maximum Gasteiger partial charge on any atom is 0.248 e. The van der Waals surface area contributed by atoms with Gasteiger partial charge in [-0.3, -0.25) is 0 Å². The predicted molar refractivity (Wildman–Crippen MR) is 100.0 cm³/mol. The summed E-state index contributed by atoms with van der Waals surface area (Å²) in [7, 11) is 0. The minimum Gasteiger partial charge on any atom is -0.364 e. The molecule has 144 valence electrons. The van der Waals surface area contributed by atoms with E-state index in [2.05, 4.69) is 26.5 Å². The van der Waals surface area contributed by atoms with E-state index in [-0.39, 0.29) is 35.0 Å². The van der Waals surface area contributed by atoms with Gasteiger partial charge in [-0.2, -0.15) is 0 Å². The number of hydrogen-bond donors (Lipinski definition) is 1. The van der Waals surface area contributed by atoms with E-state index >= 15 is 0 Å². The summed E-state index contributed by atoms with van der Waals surface area (Å²) in [5.41, 5.74) is 0.397. The van der Waals surface area contributed by atoms with Gasteiger partial charge >= 0.3 is 0 Å². The molecule has 0 aromatic rings. The summed E-state index contributed by atoms with van der Waals surface area (Å²) in [6.07, 6.45) is 8.26. The van der Waals surface area contributed by atoms with E-state index in [9.17, 15) is 8.78 Å². The maximum absolute atomic E-state index is 14.0. The van der Waals surface area contributed by atoms with Crippen LogP contribution in [-0.2, 0) is 4.74 Å². The molecule has 8 atom stereocenters. The second-order valence-corrected chi connectivity index (χ2v) is 10.8. The summed E-state index contributed by atoms with van der Waals surface area (Å²) in [5, 5.41) is 0. The molecule has 4 aliphatic carbocycles. The van der Waals surface area contributed by atoms with Crippen molar-refractivity contribution in [2.45, 2.75) is 96.0 Å². The molecule has 0 aromatic carbocycles. The summed E-state index contributed by atoms with van der Waals surface area (Å²) in [6.45, 7) is 6.80. The van der Waals surface area contributed by atoms with Crippen molar-refractivity contribution in [2.24, 2.45) is 34.5 Å². The summed E-state index contributed by atoms with van der Waals surface area (Å²) >= 11 is 4.46. The Hall–Kier alpha value is 0.170. The average molecular weight is 373 g/mol. The van der Waals surface area contributed by atoms with Crippen LogP contribution in [0.5, 0.6) is 0 Å². The number of fused-ring (bicyclic) bond motifs is 5. The highest BCUT2D eigenvalue weighted by molar-refractivity contribution is 7.80. The van der Waals surface area contributed by atoms with Crippen LogP contribution in [-0.4, -0.2) is 17.5 Å². The van der Waals surface area contributed by atoms with Gasteiger partial charge in [-0.05, 0) is 86.4 Å². The van der Waals surface area contributed by atoms with E-state index in [0.717, 1.165) is 31.6 Å². The molecule has 4 rings (SSSR count). The molecule has 0 amide bonds. The van der Waals surface area contributed by atoms with Crippen LogP contribution in [0.1, 0.15) is 78.6 Å². The van der Waals surface area contributed by atoms with Gasteiger partial charge in [-0.15, -0.1) is 12.6 Å². The molecule has 1 nitrogen and oxygen atoms in total. The summed E-state index contributed by atoms with van der Waals surface area (Å²) in [5.74, 6) is -0.116. The molecule has 4 heteroatoms. The van der Waals surface area contributed by atoms with Gasteiger partial charge in [0.15, 0.2) is 0 Å². The van der Waals surface area contributed by atoms with Gasteiger partial charge in [0.1, 0.15) is 0 Å². The first-order chi connectivity index (χ1) is 11.7. The fraction of sp³-hybridized carbons (Fsp3) is 1.00. The van der Waals surface area contributed by atoms with Crippen molar-refractivity contribution in [1.29, 1.82) is 0 Å². The number of alkyl halides is 2. The monoisotopic (exact) mass is 372 g/mol. The van der Waals surface area contributed by atoms with E-state index in [1.165, 1.54) is 19.3 Å². The Bertz CT molecular complexity index is 524. The molecule has 0 bridgehead atoms. The first kappa shape index (κ1) is 18.5. The van der Waals surface area contributed by atoms with Crippen LogP contribution in [0.15, 0.2) is 0 Å². The Morgan fingerprint density at radius 2 is 1.64 bits per heavy atom. The lowest BCUT2D eigenvalue weighted by molar-refractivity contribution is -0.170. The zero-order valence-corrected chi connectivity index (χ0v) is 16.8. The van der Waals surface area contributed by atoms with Crippen molar-refractivity contribution in [1.82, 2.24) is 0 Å². The van der Waals surface area contributed by atoms with Gasteiger partial charge in [0.05, 0.1) is 11.5 Å². The van der Waals surface area contributed by atoms with Crippen molar-refractivity contribution in [3.63, 3.8) is 0 Å². The molecular weight excluding hydrogens is 338 g/mol. The molecule has 0 saturated heterocycles. The van der Waals surface area contributed by atoms with Crippen LogP contribution in [0.3, 0.4) is 0 Å². The highest BCUT2D eigenvalue weighted by Crippen LogP contribution is 2.67. The molecule has 0 N–H and O–H groups in total. The van der Waals surface area contributed by atoms with Gasteiger partial charge in [0.25, 0.3) is 0 Å². The fourth-order valence-corrected chi connectivity index (χ4v) is 7.73. The Morgan fingerprint density at radius 1 is 0.920 bits per heavy atom. The molecule has 0 aromatic heterocycles. The predicted octanol–water partition coefficient (Wildman–Crippen LogP) is 6.33. The van der Waals surface area contributed by atoms with Crippen molar-refractivity contribution in [3.05, 3.63) is 0 Å². The smallest absolute Gasteiger partial charge is 0.248 e. The third-order valence-electron chi connectivity index (χ3n) is 8.91. The first-order valence-corrected chi connectivity index (χ1v) is 10.9. The lowest BCUT2D eigenvalue weighted by Gasteiger charge is -2.61. The van der Waals surface area contributed by atoms with Crippen LogP contribution in [0.2, 0.25) is 0 Å². The largest absolute Gasteiger partial charge is 0.364 e. The normalized spacial score (nSPS) is 52.8. The SMILES string of the molecule is CC(S)O[C@H]1CC[C@H]2[C@@H]3CC[C@H]4CC(F)(F)CC[C@]4(C)[C@H]3CC[C@]12C. The van der Waals surface area contributed by atoms with Crippen molar-refractivity contribution < 1.29 is 13.5 Å². The summed E-state index contributed by atoms with van der Waals surface area (Å²) in [4.78, 5) is 0. The number of rotatable bonds is 2. The highest BCUT2D eigenvalue weighted by Gasteiger charge is 2.62. The zero-order valence-electron chi connectivity index (χ0n) is 15.9. The van der Waals surface area contributed by atoms with Crippen molar-refractivity contribution in [3.8, 4) is 0 Å². The Balaban J connectivity index is 1.56. The highest BCUT2D eigenvalue weighted by atomic mass is 32.1. The molecule has 4 aliphatic rings. The number of halogens is 2. The molecule has 0 aliphatic heterocycles. The van der Waals surface area contributed by atoms with E-state index in [4.69, 9.17) is 4.74 Å². The standard InChI is InChI=1S/C21H34F2OS/c1-13(25)24-18-7-6-16-15-5-4-14-12-21(22,23)11-10-19(14,2)17(15)8-9-20(16,18)3/h13-18,25H,4-12H2,1-3H3/t13?,14-,15-,16-,17-,18-,19-,20-/m0/s1. The van der Waals surface area contributed by atoms with Gasteiger partial charge < -0.3 is 4.74 Å². The Morgan fingerprint density at radius 3 is 2.36 bits per heavy atom. The summed E-state index contributed by atoms with van der Waals surface area (Å²) < 4.78 is 34.2. The topological polar surface area (TPSA) is 9.23 Å². The number of ether oxygens (including phenoxy) is 1. The van der Waals surface area contributed by atoms with E-state index in [0.29, 0.717) is 17.9 Å². The quantitative estimate of drug-likeness (QED) is 0.440. The van der Waals surface area contributed by atoms with Crippen LogP contribution in [0.25, 0.3) is 0 Å². The molecule has 0 heterocycles. The van der Waals surface area contributed by atoms with E-state index < -0.39 is 5.92 Å². The van der Waals surface area contributed by atoms with Crippen molar-refractivity contribution in [2.75, 3.05) is 0 Å². The van der Waals surface area contributed by atoms with E-state index in [1.54, 1.807) is 0 Å². The van der Waals surface area contributed by atoms with Gasteiger partial charge in [-0.25, -0.2) is 8.78 Å². The molecule has 25 heavy (non-hydrogen) atoms. The number of thiol groups is 1. The van der Waals surface area contributed by atoms with Gasteiger partial charge in [0, 0.05) is 12.8 Å². The zero-order chi connectivity index (χ0) is 18.0. The van der Waals surface area contributed by atoms with Crippen LogP contribution >= 0.6 is 12.6 Å². The fourth-order valence-electron chi connectivity index (χ4n) is 7.59. The minimum absolute atomic E-state index is 0.00729. The lowest BCUT2D eigenvalue weighted by atomic mass is 9.45. The maximum atomic E-state index is 14.0. The molecule has 0 spiro atoms. The van der Waals surface area contributed by atoms with Crippen molar-refractivity contribution >= 4 is 12.6 Å². The molecular formula is C21H34F2OS. The molecule has 4 saturated carbocycles. The second kappa shape index (κ2) is 6.09.